The van der Waals surface area contributed by atoms with Crippen LogP contribution < -0.4 is 49.1 Å². The lowest BCUT2D eigenvalue weighted by atomic mass is 10.1. The maximum Gasteiger partial charge on any atom is 0.244 e. The second-order valence-electron chi connectivity index (χ2n) is 8.01. The van der Waals surface area contributed by atoms with Crippen molar-refractivity contribution < 1.29 is 28.8 Å². The number of guanidine groups is 1. The Morgan fingerprint density at radius 1 is 0.821 bits per heavy atom. The van der Waals surface area contributed by atoms with E-state index in [1.165, 1.54) is 0 Å². The predicted octanol–water partition coefficient (Wildman–Crippen LogP) is -5.37. The molecule has 16 nitrogen and oxygen atoms in total. The highest BCUT2D eigenvalue weighted by Crippen LogP contribution is 2.00. The van der Waals surface area contributed by atoms with Gasteiger partial charge in [-0.25, -0.2) is 0 Å². The van der Waals surface area contributed by atoms with E-state index in [9.17, 15) is 28.8 Å². The first-order valence-electron chi connectivity index (χ1n) is 11.6. The zero-order valence-corrected chi connectivity index (χ0v) is 22.9. The van der Waals surface area contributed by atoms with Gasteiger partial charge in [0.15, 0.2) is 5.96 Å². The molecule has 18 heteroatoms. The molecule has 0 radical (unpaired) electrons. The summed E-state index contributed by atoms with van der Waals surface area (Å²) in [5.41, 5.74) is 15.9. The summed E-state index contributed by atoms with van der Waals surface area (Å²) in [6.07, 6.45) is 4.92. The Bertz CT molecular complexity index is 945. The lowest BCUT2D eigenvalue weighted by molar-refractivity contribution is -0.133. The molecule has 0 saturated carbocycles. The van der Waals surface area contributed by atoms with Crippen molar-refractivity contribution in [1.29, 1.82) is 5.41 Å². The number of carbonyl (C=O) groups is 6. The van der Waals surface area contributed by atoms with Gasteiger partial charge in [-0.1, -0.05) is 5.92 Å². The fourth-order valence-electron chi connectivity index (χ4n) is 2.83. The standard InChI is InChI=1S/C21H36N10O6S2/c1-2-5-26-19(36)14(10-39)31-20(37)12(4-3-6-27-21(24)25)29-16(33)8-28-18(35)13(7-15(23)32)30-17(34)11(22)9-38/h1,11-14,38-39H,3-10,22H2,(H2,23,32)(H,26,36)(H,28,35)(H,29,33)(H,30,34)(H,31,37)(H4,24,25,27)/t11-,12-,13-,14-/m1/s1. The summed E-state index contributed by atoms with van der Waals surface area (Å²) in [5, 5.41) is 21.6. The molecule has 0 aromatic rings. The van der Waals surface area contributed by atoms with Crippen molar-refractivity contribution in [3.63, 3.8) is 0 Å². The van der Waals surface area contributed by atoms with Gasteiger partial charge in [0, 0.05) is 18.1 Å². The quantitative estimate of drug-likeness (QED) is 0.0239. The number of terminal acetylenes is 1. The highest BCUT2D eigenvalue weighted by molar-refractivity contribution is 7.80. The van der Waals surface area contributed by atoms with Gasteiger partial charge in [-0.15, -0.1) is 6.42 Å². The zero-order valence-electron chi connectivity index (χ0n) is 21.1. The molecule has 0 spiro atoms. The van der Waals surface area contributed by atoms with Crippen molar-refractivity contribution >= 4 is 66.7 Å². The van der Waals surface area contributed by atoms with Crippen LogP contribution in [0.3, 0.4) is 0 Å². The number of rotatable bonds is 18. The zero-order chi connectivity index (χ0) is 30.0. The van der Waals surface area contributed by atoms with Crippen LogP contribution in [0.5, 0.6) is 0 Å². The van der Waals surface area contributed by atoms with Crippen molar-refractivity contribution in [3.05, 3.63) is 0 Å². The van der Waals surface area contributed by atoms with E-state index in [0.717, 1.165) is 0 Å². The molecule has 0 aromatic carbocycles. The Balaban J connectivity index is 5.32. The van der Waals surface area contributed by atoms with Gasteiger partial charge < -0.3 is 49.1 Å². The van der Waals surface area contributed by atoms with Crippen LogP contribution in [0.1, 0.15) is 19.3 Å². The number of carbonyl (C=O) groups excluding carboxylic acids is 6. The summed E-state index contributed by atoms with van der Waals surface area (Å²) in [6, 6.07) is -4.65. The molecule has 0 rings (SSSR count). The largest absolute Gasteiger partial charge is 0.370 e. The van der Waals surface area contributed by atoms with Crippen LogP contribution in [0.15, 0.2) is 0 Å². The van der Waals surface area contributed by atoms with E-state index in [0.29, 0.717) is 0 Å². The van der Waals surface area contributed by atoms with Gasteiger partial charge in [0.1, 0.15) is 18.1 Å². The average Bonchev–Trinajstić information content (AvgIpc) is 2.88. The first-order chi connectivity index (χ1) is 18.4. The summed E-state index contributed by atoms with van der Waals surface area (Å²) in [7, 11) is 0. The number of amides is 6. The Morgan fingerprint density at radius 2 is 1.44 bits per heavy atom. The third kappa shape index (κ3) is 15.3. The Labute approximate surface area is 236 Å². The van der Waals surface area contributed by atoms with E-state index < -0.39 is 72.6 Å². The number of primary amides is 1. The van der Waals surface area contributed by atoms with Crippen LogP contribution >= 0.6 is 25.3 Å². The minimum absolute atomic E-state index is 0.0236. The van der Waals surface area contributed by atoms with Gasteiger partial charge in [0.2, 0.25) is 35.4 Å². The SMILES string of the molecule is C#CCNC(=O)[C@@H](CS)NC(=O)[C@@H](CCCNC(=N)N)NC(=O)CNC(=O)[C@@H](CC(N)=O)NC(=O)[C@H](N)CS. The lowest BCUT2D eigenvalue weighted by Crippen LogP contribution is -2.56. The molecule has 0 aromatic heterocycles. The summed E-state index contributed by atoms with van der Waals surface area (Å²) < 4.78 is 0. The monoisotopic (exact) mass is 588 g/mol. The Morgan fingerprint density at radius 3 is 1.97 bits per heavy atom. The molecular weight excluding hydrogens is 552 g/mol. The molecular formula is C21H36N10O6S2. The number of hydrogen-bond donors (Lipinski definition) is 12. The Kier molecular flexibility index (Phi) is 17.6. The predicted molar refractivity (Wildman–Crippen MR) is 149 cm³/mol. The van der Waals surface area contributed by atoms with E-state index in [2.05, 4.69) is 63.1 Å². The van der Waals surface area contributed by atoms with Crippen LogP contribution in [-0.4, -0.2) is 96.7 Å². The summed E-state index contributed by atoms with van der Waals surface area (Å²) in [6.45, 7) is -0.475. The van der Waals surface area contributed by atoms with Gasteiger partial charge in [-0.2, -0.15) is 25.3 Å². The number of nitrogens with two attached hydrogens (primary N) is 3. The third-order valence-corrected chi connectivity index (χ3v) is 5.57. The molecule has 218 valence electrons. The summed E-state index contributed by atoms with van der Waals surface area (Å²) in [5.74, 6) is -2.76. The highest BCUT2D eigenvalue weighted by Gasteiger charge is 2.28. The minimum atomic E-state index is -1.40. The molecule has 0 aliphatic heterocycles. The molecule has 0 heterocycles. The van der Waals surface area contributed by atoms with Crippen molar-refractivity contribution in [2.75, 3.05) is 31.1 Å². The molecule has 6 amide bonds. The van der Waals surface area contributed by atoms with Crippen LogP contribution in [0.2, 0.25) is 0 Å². The maximum atomic E-state index is 12.9. The molecule has 13 N–H and O–H groups in total. The first-order valence-corrected chi connectivity index (χ1v) is 12.8. The van der Waals surface area contributed by atoms with Crippen LogP contribution in [0.4, 0.5) is 0 Å². The first kappa shape index (κ1) is 35.3. The average molecular weight is 589 g/mol. The van der Waals surface area contributed by atoms with Crippen molar-refractivity contribution in [2.45, 2.75) is 43.4 Å². The van der Waals surface area contributed by atoms with Crippen molar-refractivity contribution in [3.8, 4) is 12.3 Å². The number of nitrogens with one attached hydrogen (secondary N) is 7. The normalized spacial score (nSPS) is 13.3. The fraction of sp³-hybridized carbons (Fsp3) is 0.571. The van der Waals surface area contributed by atoms with E-state index in [4.69, 9.17) is 29.0 Å². The summed E-state index contributed by atoms with van der Waals surface area (Å²) >= 11 is 7.94. The van der Waals surface area contributed by atoms with Gasteiger partial charge in [0.25, 0.3) is 0 Å². The molecule has 0 aliphatic rings. The molecule has 39 heavy (non-hydrogen) atoms. The van der Waals surface area contributed by atoms with E-state index >= 15 is 0 Å². The highest BCUT2D eigenvalue weighted by atomic mass is 32.1. The lowest BCUT2D eigenvalue weighted by Gasteiger charge is -2.23. The van der Waals surface area contributed by atoms with Crippen molar-refractivity contribution in [2.24, 2.45) is 17.2 Å². The molecule has 4 atom stereocenters. The van der Waals surface area contributed by atoms with E-state index in [1.807, 2.05) is 0 Å². The third-order valence-electron chi connectivity index (χ3n) is 4.81. The van der Waals surface area contributed by atoms with Gasteiger partial charge in [-0.05, 0) is 12.8 Å². The minimum Gasteiger partial charge on any atom is -0.370 e. The van der Waals surface area contributed by atoms with Crippen LogP contribution in [0.25, 0.3) is 0 Å². The van der Waals surface area contributed by atoms with Gasteiger partial charge in [0.05, 0.1) is 25.6 Å². The van der Waals surface area contributed by atoms with Crippen molar-refractivity contribution in [1.82, 2.24) is 31.9 Å². The second-order valence-corrected chi connectivity index (χ2v) is 8.74. The van der Waals surface area contributed by atoms with E-state index in [-0.39, 0.29) is 43.4 Å². The van der Waals surface area contributed by atoms with Crippen LogP contribution in [-0.2, 0) is 28.8 Å². The summed E-state index contributed by atoms with van der Waals surface area (Å²) in [4.78, 5) is 73.4. The fourth-order valence-corrected chi connectivity index (χ4v) is 3.26. The van der Waals surface area contributed by atoms with E-state index in [1.54, 1.807) is 0 Å². The van der Waals surface area contributed by atoms with Crippen LogP contribution in [0, 0.1) is 17.8 Å². The molecule has 0 aliphatic carbocycles. The number of hydrogen-bond acceptors (Lipinski definition) is 10. The topological polar surface area (TPSA) is 277 Å². The smallest absolute Gasteiger partial charge is 0.244 e. The molecule has 0 bridgehead atoms. The van der Waals surface area contributed by atoms with Gasteiger partial charge in [-0.3, -0.25) is 34.2 Å². The molecule has 0 fully saturated rings. The number of thiol groups is 2. The van der Waals surface area contributed by atoms with Gasteiger partial charge >= 0.3 is 0 Å². The Hall–Kier alpha value is -3.69. The molecule has 0 unspecified atom stereocenters. The second kappa shape index (κ2) is 19.4. The molecule has 0 saturated heterocycles. The maximum absolute atomic E-state index is 12.9.